The van der Waals surface area contributed by atoms with Crippen LogP contribution < -0.4 is 5.73 Å². The highest BCUT2D eigenvalue weighted by Crippen LogP contribution is 2.41. The monoisotopic (exact) mass is 281 g/mol. The van der Waals surface area contributed by atoms with Crippen LogP contribution in [0.2, 0.25) is 0 Å². The quantitative estimate of drug-likeness (QED) is 0.778. The van der Waals surface area contributed by atoms with Crippen LogP contribution in [-0.4, -0.2) is 23.8 Å². The minimum Gasteiger partial charge on any atom is -0.370 e. The zero-order chi connectivity index (χ0) is 14.4. The van der Waals surface area contributed by atoms with Gasteiger partial charge in [0.15, 0.2) is 0 Å². The number of methoxy groups -OCH3 is 1. The summed E-state index contributed by atoms with van der Waals surface area (Å²) in [6.07, 6.45) is 8.44. The Balaban J connectivity index is 1.98. The summed E-state index contributed by atoms with van der Waals surface area (Å²) in [5.41, 5.74) is 5.15. The Morgan fingerprint density at radius 1 is 1.40 bits per heavy atom. The van der Waals surface area contributed by atoms with Crippen LogP contribution >= 0.6 is 0 Å². The Morgan fingerprint density at radius 2 is 2.25 bits per heavy atom. The predicted molar refractivity (Wildman–Crippen MR) is 77.2 cm³/mol. The molecule has 1 saturated carbocycles. The summed E-state index contributed by atoms with van der Waals surface area (Å²) < 4.78 is 11.2. The van der Waals surface area contributed by atoms with Gasteiger partial charge in [-0.2, -0.15) is 4.98 Å². The number of unbranched alkanes of at least 4 members (excludes halogenated alkanes) is 2. The van der Waals surface area contributed by atoms with Gasteiger partial charge in [0.2, 0.25) is 11.7 Å². The highest BCUT2D eigenvalue weighted by Gasteiger charge is 2.40. The minimum atomic E-state index is -0.337. The van der Waals surface area contributed by atoms with Gasteiger partial charge in [0, 0.05) is 13.5 Å². The number of nitrogens with zero attached hydrogens (tertiary/aromatic N) is 2. The third-order valence-corrected chi connectivity index (χ3v) is 4.32. The SMILES string of the molecule is COC1(c2noc(CCCCCN)n2)CCCC(C)C1. The molecule has 114 valence electrons. The van der Waals surface area contributed by atoms with E-state index in [0.717, 1.165) is 63.2 Å². The molecule has 20 heavy (non-hydrogen) atoms. The Hall–Kier alpha value is -0.940. The molecule has 2 unspecified atom stereocenters. The Labute approximate surface area is 121 Å². The number of aryl methyl sites for hydroxylation is 1. The van der Waals surface area contributed by atoms with Gasteiger partial charge in [0.1, 0.15) is 5.60 Å². The Morgan fingerprint density at radius 3 is 2.95 bits per heavy atom. The number of hydrogen-bond acceptors (Lipinski definition) is 5. The van der Waals surface area contributed by atoms with Crippen molar-refractivity contribution in [2.45, 2.75) is 63.9 Å². The standard InChI is InChI=1S/C15H27N3O2/c1-12-7-6-9-15(11-12,19-2)14-17-13(20-18-14)8-4-3-5-10-16/h12H,3-11,16H2,1-2H3. The van der Waals surface area contributed by atoms with Crippen molar-refractivity contribution in [3.05, 3.63) is 11.7 Å². The van der Waals surface area contributed by atoms with E-state index < -0.39 is 0 Å². The second-order valence-corrected chi connectivity index (χ2v) is 6.01. The smallest absolute Gasteiger partial charge is 0.226 e. The van der Waals surface area contributed by atoms with Crippen LogP contribution in [0.15, 0.2) is 4.52 Å². The van der Waals surface area contributed by atoms with Crippen molar-refractivity contribution in [2.24, 2.45) is 11.7 Å². The summed E-state index contributed by atoms with van der Waals surface area (Å²) in [5, 5.41) is 4.18. The second kappa shape index (κ2) is 7.18. The van der Waals surface area contributed by atoms with Crippen molar-refractivity contribution in [3.8, 4) is 0 Å². The molecule has 1 aliphatic carbocycles. The first kappa shape index (κ1) is 15.4. The lowest BCUT2D eigenvalue weighted by molar-refractivity contribution is -0.0658. The highest BCUT2D eigenvalue weighted by molar-refractivity contribution is 5.04. The highest BCUT2D eigenvalue weighted by atomic mass is 16.5. The summed E-state index contributed by atoms with van der Waals surface area (Å²) in [6, 6.07) is 0. The van der Waals surface area contributed by atoms with Crippen LogP contribution in [0.25, 0.3) is 0 Å². The zero-order valence-electron chi connectivity index (χ0n) is 12.7. The number of ether oxygens (including phenoxy) is 1. The predicted octanol–water partition coefficient (Wildman–Crippen LogP) is 2.79. The molecular weight excluding hydrogens is 254 g/mol. The summed E-state index contributed by atoms with van der Waals surface area (Å²) in [4.78, 5) is 4.57. The van der Waals surface area contributed by atoms with Crippen LogP contribution in [0.3, 0.4) is 0 Å². The molecule has 2 atom stereocenters. The summed E-state index contributed by atoms with van der Waals surface area (Å²) >= 11 is 0. The molecule has 0 spiro atoms. The van der Waals surface area contributed by atoms with E-state index >= 15 is 0 Å². The normalized spacial score (nSPS) is 26.9. The molecule has 0 saturated heterocycles. The van der Waals surface area contributed by atoms with Gasteiger partial charge in [0.05, 0.1) is 0 Å². The van der Waals surface area contributed by atoms with Gasteiger partial charge in [-0.25, -0.2) is 0 Å². The molecule has 1 aromatic heterocycles. The van der Waals surface area contributed by atoms with Crippen molar-refractivity contribution in [2.75, 3.05) is 13.7 Å². The van der Waals surface area contributed by atoms with Gasteiger partial charge in [-0.1, -0.05) is 24.9 Å². The molecule has 2 rings (SSSR count). The molecule has 0 aromatic carbocycles. The Bertz CT molecular complexity index is 408. The van der Waals surface area contributed by atoms with Crippen molar-refractivity contribution < 1.29 is 9.26 Å². The van der Waals surface area contributed by atoms with Crippen LogP contribution in [0.5, 0.6) is 0 Å². The van der Waals surface area contributed by atoms with E-state index in [1.807, 2.05) is 0 Å². The fourth-order valence-corrected chi connectivity index (χ4v) is 3.12. The van der Waals surface area contributed by atoms with E-state index in [0.29, 0.717) is 5.92 Å². The molecule has 5 nitrogen and oxygen atoms in total. The van der Waals surface area contributed by atoms with Gasteiger partial charge in [0.25, 0.3) is 0 Å². The van der Waals surface area contributed by atoms with Crippen molar-refractivity contribution in [1.29, 1.82) is 0 Å². The minimum absolute atomic E-state index is 0.337. The number of hydrogen-bond donors (Lipinski definition) is 1. The lowest BCUT2D eigenvalue weighted by Gasteiger charge is -2.36. The average Bonchev–Trinajstić information content (AvgIpc) is 2.93. The summed E-state index contributed by atoms with van der Waals surface area (Å²) in [5.74, 6) is 2.11. The van der Waals surface area contributed by atoms with E-state index in [9.17, 15) is 0 Å². The fraction of sp³-hybridized carbons (Fsp3) is 0.867. The maximum Gasteiger partial charge on any atom is 0.226 e. The maximum absolute atomic E-state index is 5.79. The molecule has 1 aromatic rings. The molecule has 1 fully saturated rings. The van der Waals surface area contributed by atoms with Crippen LogP contribution in [0.1, 0.15) is 63.6 Å². The van der Waals surface area contributed by atoms with Gasteiger partial charge in [-0.15, -0.1) is 0 Å². The first-order valence-electron chi connectivity index (χ1n) is 7.78. The number of rotatable bonds is 7. The zero-order valence-corrected chi connectivity index (χ0v) is 12.7. The topological polar surface area (TPSA) is 74.2 Å². The second-order valence-electron chi connectivity index (χ2n) is 6.01. The van der Waals surface area contributed by atoms with Crippen molar-refractivity contribution in [3.63, 3.8) is 0 Å². The molecule has 0 amide bonds. The molecule has 0 radical (unpaired) electrons. The Kier molecular flexibility index (Phi) is 5.54. The van der Waals surface area contributed by atoms with Crippen LogP contribution in [-0.2, 0) is 16.8 Å². The number of aromatic nitrogens is 2. The third kappa shape index (κ3) is 3.58. The third-order valence-electron chi connectivity index (χ3n) is 4.32. The van der Waals surface area contributed by atoms with E-state index in [2.05, 4.69) is 17.1 Å². The number of nitrogens with two attached hydrogens (primary N) is 1. The molecule has 0 aliphatic heterocycles. The molecular formula is C15H27N3O2. The largest absolute Gasteiger partial charge is 0.370 e. The van der Waals surface area contributed by atoms with Gasteiger partial charge >= 0.3 is 0 Å². The summed E-state index contributed by atoms with van der Waals surface area (Å²) in [6.45, 7) is 3.01. The van der Waals surface area contributed by atoms with Gasteiger partial charge in [-0.05, 0) is 44.6 Å². The summed E-state index contributed by atoms with van der Waals surface area (Å²) in [7, 11) is 1.76. The lowest BCUT2D eigenvalue weighted by atomic mass is 9.78. The molecule has 2 N–H and O–H groups in total. The first-order chi connectivity index (χ1) is 9.70. The molecule has 1 heterocycles. The van der Waals surface area contributed by atoms with Crippen LogP contribution in [0.4, 0.5) is 0 Å². The van der Waals surface area contributed by atoms with E-state index in [-0.39, 0.29) is 5.60 Å². The van der Waals surface area contributed by atoms with Crippen molar-refractivity contribution >= 4 is 0 Å². The van der Waals surface area contributed by atoms with Crippen molar-refractivity contribution in [1.82, 2.24) is 10.1 Å². The lowest BCUT2D eigenvalue weighted by Crippen LogP contribution is -2.35. The van der Waals surface area contributed by atoms with E-state index in [1.54, 1.807) is 7.11 Å². The first-order valence-corrected chi connectivity index (χ1v) is 7.78. The van der Waals surface area contributed by atoms with E-state index in [1.165, 1.54) is 6.42 Å². The van der Waals surface area contributed by atoms with E-state index in [4.69, 9.17) is 15.0 Å². The molecule has 1 aliphatic rings. The fourth-order valence-electron chi connectivity index (χ4n) is 3.12. The van der Waals surface area contributed by atoms with Gasteiger partial charge < -0.3 is 15.0 Å². The maximum atomic E-state index is 5.79. The van der Waals surface area contributed by atoms with Crippen LogP contribution in [0, 0.1) is 5.92 Å². The van der Waals surface area contributed by atoms with Gasteiger partial charge in [-0.3, -0.25) is 0 Å². The molecule has 0 bridgehead atoms. The molecule has 5 heteroatoms. The average molecular weight is 281 g/mol.